The van der Waals surface area contributed by atoms with Crippen molar-refractivity contribution in [2.45, 2.75) is 19.8 Å². The number of ether oxygens (including phenoxy) is 3. The van der Waals surface area contributed by atoms with Crippen LogP contribution in [0.5, 0.6) is 11.5 Å². The van der Waals surface area contributed by atoms with Crippen molar-refractivity contribution in [1.29, 1.82) is 0 Å². The lowest BCUT2D eigenvalue weighted by atomic mass is 10.0. The molecule has 144 valence electrons. The number of methoxy groups -OCH3 is 1. The number of nitro benzene ring substituents is 1. The second-order valence-corrected chi connectivity index (χ2v) is 5.85. The van der Waals surface area contributed by atoms with Gasteiger partial charge in [-0.3, -0.25) is 15.0 Å². The van der Waals surface area contributed by atoms with Crippen molar-refractivity contribution in [1.82, 2.24) is 4.90 Å². The third-order valence-corrected chi connectivity index (χ3v) is 4.27. The molecule has 9 heteroatoms. The maximum atomic E-state index is 11.4. The van der Waals surface area contributed by atoms with Crippen LogP contribution in [0.3, 0.4) is 0 Å². The van der Waals surface area contributed by atoms with Gasteiger partial charge in [-0.1, -0.05) is 6.92 Å². The predicted molar refractivity (Wildman–Crippen MR) is 93.4 cm³/mol. The van der Waals surface area contributed by atoms with E-state index in [9.17, 15) is 20.0 Å². The molecule has 1 aliphatic heterocycles. The number of nitrogens with zero attached hydrogens (tertiary/aromatic N) is 2. The number of rotatable bonds is 9. The van der Waals surface area contributed by atoms with Crippen LogP contribution in [0.4, 0.5) is 5.69 Å². The molecule has 0 saturated carbocycles. The molecule has 1 aromatic rings. The minimum atomic E-state index is -1.37. The molecule has 2 rings (SSSR count). The Hall–Kier alpha value is -2.39. The Balaban J connectivity index is 2.18. The van der Waals surface area contributed by atoms with E-state index in [1.807, 2.05) is 0 Å². The van der Waals surface area contributed by atoms with E-state index in [-0.39, 0.29) is 23.5 Å². The molecule has 0 spiro atoms. The van der Waals surface area contributed by atoms with E-state index in [0.29, 0.717) is 6.61 Å². The Kier molecular flexibility index (Phi) is 7.16. The number of nitro groups is 1. The van der Waals surface area contributed by atoms with Gasteiger partial charge in [0, 0.05) is 25.7 Å². The van der Waals surface area contributed by atoms with Crippen LogP contribution in [0.25, 0.3) is 0 Å². The van der Waals surface area contributed by atoms with E-state index in [1.165, 1.54) is 7.11 Å². The van der Waals surface area contributed by atoms with E-state index in [0.717, 1.165) is 45.3 Å². The molecule has 1 aromatic carbocycles. The fraction of sp³-hybridized carbons (Fsp3) is 0.588. The average molecular weight is 368 g/mol. The highest BCUT2D eigenvalue weighted by molar-refractivity contribution is 5.94. The Morgan fingerprint density at radius 1 is 1.42 bits per heavy atom. The van der Waals surface area contributed by atoms with Crippen LogP contribution in [-0.4, -0.2) is 67.5 Å². The predicted octanol–water partition coefficient (Wildman–Crippen LogP) is 1.97. The number of hydrogen-bond donors (Lipinski definition) is 1. The SMILES string of the molecule is CCc1c(OCCCN2CCOCC2)c(OC)cc(C(=O)O)c1[N+](=O)[O-]. The lowest BCUT2D eigenvalue weighted by molar-refractivity contribution is -0.386. The lowest BCUT2D eigenvalue weighted by Crippen LogP contribution is -2.37. The van der Waals surface area contributed by atoms with Gasteiger partial charge in [0.1, 0.15) is 5.56 Å². The largest absolute Gasteiger partial charge is 0.493 e. The van der Waals surface area contributed by atoms with Crippen molar-refractivity contribution in [2.24, 2.45) is 0 Å². The maximum Gasteiger partial charge on any atom is 0.342 e. The zero-order chi connectivity index (χ0) is 19.1. The highest BCUT2D eigenvalue weighted by Crippen LogP contribution is 2.40. The van der Waals surface area contributed by atoms with Crippen molar-refractivity contribution in [3.8, 4) is 11.5 Å². The van der Waals surface area contributed by atoms with Gasteiger partial charge in [-0.05, 0) is 12.8 Å². The van der Waals surface area contributed by atoms with Gasteiger partial charge in [-0.15, -0.1) is 0 Å². The highest BCUT2D eigenvalue weighted by Gasteiger charge is 2.30. The van der Waals surface area contributed by atoms with Crippen molar-refractivity contribution in [3.63, 3.8) is 0 Å². The zero-order valence-corrected chi connectivity index (χ0v) is 15.0. The maximum absolute atomic E-state index is 11.4. The summed E-state index contributed by atoms with van der Waals surface area (Å²) in [6, 6.07) is 1.15. The van der Waals surface area contributed by atoms with Crippen LogP contribution in [0.2, 0.25) is 0 Å². The number of carboxylic acid groups (broad SMARTS) is 1. The topological polar surface area (TPSA) is 111 Å². The highest BCUT2D eigenvalue weighted by atomic mass is 16.6. The van der Waals surface area contributed by atoms with Gasteiger partial charge in [-0.25, -0.2) is 4.79 Å². The Morgan fingerprint density at radius 3 is 2.65 bits per heavy atom. The average Bonchev–Trinajstić information content (AvgIpc) is 2.64. The minimum absolute atomic E-state index is 0.191. The summed E-state index contributed by atoms with van der Waals surface area (Å²) in [6.07, 6.45) is 0.993. The summed E-state index contributed by atoms with van der Waals surface area (Å²) in [5.41, 5.74) is -0.605. The molecule has 1 fully saturated rings. The first kappa shape index (κ1) is 19.9. The Labute approximate surface area is 151 Å². The van der Waals surface area contributed by atoms with Crippen LogP contribution in [0.1, 0.15) is 29.3 Å². The smallest absolute Gasteiger partial charge is 0.342 e. The van der Waals surface area contributed by atoms with Crippen LogP contribution in [0, 0.1) is 10.1 Å². The van der Waals surface area contributed by atoms with E-state index in [1.54, 1.807) is 6.92 Å². The molecule has 1 saturated heterocycles. The van der Waals surface area contributed by atoms with Gasteiger partial charge in [0.2, 0.25) is 0 Å². The van der Waals surface area contributed by atoms with E-state index < -0.39 is 22.1 Å². The van der Waals surface area contributed by atoms with Crippen molar-refractivity contribution in [2.75, 3.05) is 46.6 Å². The monoisotopic (exact) mass is 368 g/mol. The molecular weight excluding hydrogens is 344 g/mol. The van der Waals surface area contributed by atoms with Gasteiger partial charge < -0.3 is 19.3 Å². The van der Waals surface area contributed by atoms with E-state index >= 15 is 0 Å². The van der Waals surface area contributed by atoms with Gasteiger partial charge >= 0.3 is 5.97 Å². The second-order valence-electron chi connectivity index (χ2n) is 5.85. The number of hydrogen-bond acceptors (Lipinski definition) is 7. The summed E-state index contributed by atoms with van der Waals surface area (Å²) < 4.78 is 16.3. The summed E-state index contributed by atoms with van der Waals surface area (Å²) in [5, 5.41) is 20.7. The molecule has 9 nitrogen and oxygen atoms in total. The molecule has 1 N–H and O–H groups in total. The summed E-state index contributed by atoms with van der Waals surface area (Å²) >= 11 is 0. The quantitative estimate of drug-likeness (QED) is 0.400. The van der Waals surface area contributed by atoms with Gasteiger partial charge in [0.15, 0.2) is 11.5 Å². The lowest BCUT2D eigenvalue weighted by Gasteiger charge is -2.26. The van der Waals surface area contributed by atoms with Crippen LogP contribution < -0.4 is 9.47 Å². The Bertz CT molecular complexity index is 657. The molecule has 1 heterocycles. The summed E-state index contributed by atoms with van der Waals surface area (Å²) in [7, 11) is 1.38. The molecule has 0 aliphatic carbocycles. The molecule has 0 unspecified atom stereocenters. The fourth-order valence-corrected chi connectivity index (χ4v) is 2.98. The number of benzene rings is 1. The first-order valence-corrected chi connectivity index (χ1v) is 8.54. The number of morpholine rings is 1. The molecule has 0 radical (unpaired) electrons. The van der Waals surface area contributed by atoms with Gasteiger partial charge in [0.25, 0.3) is 5.69 Å². The standard InChI is InChI=1S/C17H24N2O7/c1-3-12-15(19(22)23)13(17(20)21)11-14(24-2)16(12)26-8-4-5-18-6-9-25-10-7-18/h11H,3-10H2,1-2H3,(H,20,21). The molecule has 1 aliphatic rings. The molecule has 26 heavy (non-hydrogen) atoms. The third kappa shape index (κ3) is 4.61. The van der Waals surface area contributed by atoms with Crippen LogP contribution in [-0.2, 0) is 11.2 Å². The second kappa shape index (κ2) is 9.35. The van der Waals surface area contributed by atoms with Crippen molar-refractivity contribution < 1.29 is 29.0 Å². The summed E-state index contributed by atoms with van der Waals surface area (Å²) in [4.78, 5) is 24.4. The first-order chi connectivity index (χ1) is 12.5. The van der Waals surface area contributed by atoms with Crippen LogP contribution in [0.15, 0.2) is 6.07 Å². The summed E-state index contributed by atoms with van der Waals surface area (Å²) in [5.74, 6) is -0.937. The fourth-order valence-electron chi connectivity index (χ4n) is 2.98. The minimum Gasteiger partial charge on any atom is -0.493 e. The molecule has 0 bridgehead atoms. The summed E-state index contributed by atoms with van der Waals surface area (Å²) in [6.45, 7) is 6.10. The van der Waals surface area contributed by atoms with Crippen molar-refractivity contribution in [3.05, 3.63) is 27.3 Å². The first-order valence-electron chi connectivity index (χ1n) is 8.54. The van der Waals surface area contributed by atoms with Crippen molar-refractivity contribution >= 4 is 11.7 Å². The zero-order valence-electron chi connectivity index (χ0n) is 15.0. The Morgan fingerprint density at radius 2 is 2.12 bits per heavy atom. The number of aromatic carboxylic acids is 1. The van der Waals surface area contributed by atoms with E-state index in [2.05, 4.69) is 4.90 Å². The van der Waals surface area contributed by atoms with Crippen LogP contribution >= 0.6 is 0 Å². The van der Waals surface area contributed by atoms with E-state index in [4.69, 9.17) is 14.2 Å². The third-order valence-electron chi connectivity index (χ3n) is 4.27. The number of carbonyl (C=O) groups is 1. The number of carboxylic acids is 1. The normalized spacial score (nSPS) is 14.8. The van der Waals surface area contributed by atoms with Gasteiger partial charge in [0.05, 0.1) is 37.4 Å². The van der Waals surface area contributed by atoms with Gasteiger partial charge in [-0.2, -0.15) is 0 Å². The molecule has 0 aromatic heterocycles. The molecule has 0 atom stereocenters. The molecule has 0 amide bonds. The molecular formula is C17H24N2O7.